The number of benzene rings is 1. The van der Waals surface area contributed by atoms with Crippen LogP contribution in [0.5, 0.6) is 0 Å². The Bertz CT molecular complexity index is 431. The van der Waals surface area contributed by atoms with E-state index in [2.05, 4.69) is 5.32 Å². The van der Waals surface area contributed by atoms with Crippen LogP contribution in [-0.4, -0.2) is 22.5 Å². The highest BCUT2D eigenvalue weighted by molar-refractivity contribution is 7.99. The molecule has 0 bridgehead atoms. The fourth-order valence-electron chi connectivity index (χ4n) is 2.07. The van der Waals surface area contributed by atoms with Crippen LogP contribution >= 0.6 is 24.0 Å². The molecule has 0 aliphatic carbocycles. The van der Waals surface area contributed by atoms with Crippen molar-refractivity contribution in [2.24, 2.45) is 5.73 Å². The Kier molecular flexibility index (Phi) is 4.83. The van der Waals surface area contributed by atoms with E-state index < -0.39 is 0 Å². The highest BCUT2D eigenvalue weighted by Crippen LogP contribution is 2.26. The zero-order valence-electron chi connectivity index (χ0n) is 10.1. The van der Waals surface area contributed by atoms with Gasteiger partial charge in [-0.05, 0) is 36.8 Å². The van der Waals surface area contributed by atoms with E-state index in [4.69, 9.17) is 18.0 Å². The number of anilines is 1. The highest BCUT2D eigenvalue weighted by Gasteiger charge is 2.14. The maximum Gasteiger partial charge on any atom is 0.124 e. The first-order valence-electron chi connectivity index (χ1n) is 6.11. The van der Waals surface area contributed by atoms with Gasteiger partial charge in [0.15, 0.2) is 0 Å². The molecule has 5 heteroatoms. The van der Waals surface area contributed by atoms with Gasteiger partial charge in [0.2, 0.25) is 0 Å². The van der Waals surface area contributed by atoms with E-state index in [9.17, 15) is 4.39 Å². The molecule has 1 heterocycles. The summed E-state index contributed by atoms with van der Waals surface area (Å²) < 4.78 is 13.2. The molecule has 0 radical (unpaired) electrons. The van der Waals surface area contributed by atoms with E-state index >= 15 is 0 Å². The van der Waals surface area contributed by atoms with Gasteiger partial charge in [-0.3, -0.25) is 0 Å². The van der Waals surface area contributed by atoms with Crippen LogP contribution in [0.4, 0.5) is 10.1 Å². The first-order chi connectivity index (χ1) is 8.66. The van der Waals surface area contributed by atoms with Crippen LogP contribution in [0.3, 0.4) is 0 Å². The second-order valence-corrected chi connectivity index (χ2v) is 6.27. The first kappa shape index (κ1) is 13.6. The molecule has 0 amide bonds. The third kappa shape index (κ3) is 3.59. The van der Waals surface area contributed by atoms with E-state index in [1.165, 1.54) is 37.1 Å². The molecular formula is C13H17FN2S2. The summed E-state index contributed by atoms with van der Waals surface area (Å²) in [6, 6.07) is 4.52. The average molecular weight is 284 g/mol. The molecule has 1 aromatic rings. The maximum atomic E-state index is 13.2. The predicted octanol–water partition coefficient (Wildman–Crippen LogP) is 3.16. The highest BCUT2D eigenvalue weighted by atomic mass is 32.2. The van der Waals surface area contributed by atoms with Gasteiger partial charge >= 0.3 is 0 Å². The SMILES string of the molecule is NC(=S)c1cc(F)ccc1NCC1CCCCS1. The Morgan fingerprint density at radius 1 is 1.50 bits per heavy atom. The molecule has 1 fully saturated rings. The van der Waals surface area contributed by atoms with Crippen molar-refractivity contribution in [3.8, 4) is 0 Å². The average Bonchev–Trinajstić information content (AvgIpc) is 2.38. The molecule has 0 aromatic heterocycles. The fourth-order valence-corrected chi connectivity index (χ4v) is 3.47. The molecule has 1 saturated heterocycles. The molecular weight excluding hydrogens is 267 g/mol. The standard InChI is InChI=1S/C13H17FN2S2/c14-9-4-5-12(11(7-9)13(15)17)16-8-10-3-1-2-6-18-10/h4-5,7,10,16H,1-3,6,8H2,(H2,15,17). The summed E-state index contributed by atoms with van der Waals surface area (Å²) in [5.74, 6) is 0.924. The number of hydrogen-bond acceptors (Lipinski definition) is 3. The van der Waals surface area contributed by atoms with E-state index in [1.54, 1.807) is 6.07 Å². The molecule has 1 atom stereocenters. The monoisotopic (exact) mass is 284 g/mol. The minimum atomic E-state index is -0.310. The smallest absolute Gasteiger partial charge is 0.124 e. The minimum absolute atomic E-state index is 0.230. The van der Waals surface area contributed by atoms with Gasteiger partial charge in [-0.2, -0.15) is 11.8 Å². The molecule has 1 aliphatic rings. The second-order valence-electron chi connectivity index (χ2n) is 4.42. The van der Waals surface area contributed by atoms with Gasteiger partial charge in [0.25, 0.3) is 0 Å². The molecule has 3 N–H and O–H groups in total. The minimum Gasteiger partial charge on any atom is -0.389 e. The molecule has 2 nitrogen and oxygen atoms in total. The van der Waals surface area contributed by atoms with Crippen LogP contribution in [0, 0.1) is 5.82 Å². The van der Waals surface area contributed by atoms with Gasteiger partial charge in [-0.25, -0.2) is 4.39 Å². The lowest BCUT2D eigenvalue weighted by atomic mass is 10.1. The Labute approximate surface area is 117 Å². The predicted molar refractivity (Wildman–Crippen MR) is 80.9 cm³/mol. The number of nitrogens with one attached hydrogen (secondary N) is 1. The number of halogens is 1. The van der Waals surface area contributed by atoms with Crippen LogP contribution in [0.25, 0.3) is 0 Å². The summed E-state index contributed by atoms with van der Waals surface area (Å²) in [6.45, 7) is 0.881. The number of rotatable bonds is 4. The van der Waals surface area contributed by atoms with Crippen molar-refractivity contribution < 1.29 is 4.39 Å². The molecule has 98 valence electrons. The first-order valence-corrected chi connectivity index (χ1v) is 7.57. The Morgan fingerprint density at radius 3 is 3.00 bits per heavy atom. The Hall–Kier alpha value is -0.810. The molecule has 2 rings (SSSR count). The largest absolute Gasteiger partial charge is 0.389 e. The molecule has 1 aromatic carbocycles. The van der Waals surface area contributed by atoms with Crippen LogP contribution < -0.4 is 11.1 Å². The summed E-state index contributed by atoms with van der Waals surface area (Å²) in [6.07, 6.45) is 3.85. The third-order valence-electron chi connectivity index (χ3n) is 3.04. The summed E-state index contributed by atoms with van der Waals surface area (Å²) in [5.41, 5.74) is 7.03. The van der Waals surface area contributed by atoms with Crippen molar-refractivity contribution in [2.75, 3.05) is 17.6 Å². The zero-order valence-corrected chi connectivity index (χ0v) is 11.7. The normalized spacial score (nSPS) is 19.5. The summed E-state index contributed by atoms with van der Waals surface area (Å²) in [4.78, 5) is 0.230. The Balaban J connectivity index is 2.01. The van der Waals surface area contributed by atoms with Gasteiger partial charge in [0.1, 0.15) is 10.8 Å². The summed E-state index contributed by atoms with van der Waals surface area (Å²) in [5, 5.41) is 3.96. The van der Waals surface area contributed by atoms with Crippen molar-refractivity contribution in [1.82, 2.24) is 0 Å². The topological polar surface area (TPSA) is 38.0 Å². The van der Waals surface area contributed by atoms with Crippen molar-refractivity contribution in [1.29, 1.82) is 0 Å². The lowest BCUT2D eigenvalue weighted by Gasteiger charge is -2.22. The number of nitrogens with two attached hydrogens (primary N) is 1. The van der Waals surface area contributed by atoms with Gasteiger partial charge < -0.3 is 11.1 Å². The second kappa shape index (κ2) is 6.38. The zero-order chi connectivity index (χ0) is 13.0. The maximum absolute atomic E-state index is 13.2. The van der Waals surface area contributed by atoms with Crippen molar-refractivity contribution in [3.63, 3.8) is 0 Å². The van der Waals surface area contributed by atoms with E-state index in [-0.39, 0.29) is 10.8 Å². The van der Waals surface area contributed by atoms with E-state index in [0.29, 0.717) is 10.8 Å². The van der Waals surface area contributed by atoms with Crippen molar-refractivity contribution in [2.45, 2.75) is 24.5 Å². The molecule has 0 saturated carbocycles. The van der Waals surface area contributed by atoms with E-state index in [0.717, 1.165) is 12.2 Å². The van der Waals surface area contributed by atoms with Crippen LogP contribution in [0.15, 0.2) is 18.2 Å². The van der Waals surface area contributed by atoms with Crippen LogP contribution in [-0.2, 0) is 0 Å². The van der Waals surface area contributed by atoms with Gasteiger partial charge in [-0.15, -0.1) is 0 Å². The van der Waals surface area contributed by atoms with Crippen molar-refractivity contribution in [3.05, 3.63) is 29.6 Å². The lowest BCUT2D eigenvalue weighted by Crippen LogP contribution is -2.22. The molecule has 1 aliphatic heterocycles. The molecule has 1 unspecified atom stereocenters. The van der Waals surface area contributed by atoms with Crippen LogP contribution in [0.2, 0.25) is 0 Å². The lowest BCUT2D eigenvalue weighted by molar-refractivity contribution is 0.627. The number of hydrogen-bond donors (Lipinski definition) is 2. The molecule has 18 heavy (non-hydrogen) atoms. The summed E-state index contributed by atoms with van der Waals surface area (Å²) >= 11 is 6.94. The van der Waals surface area contributed by atoms with Gasteiger partial charge in [0.05, 0.1) is 0 Å². The molecule has 0 spiro atoms. The van der Waals surface area contributed by atoms with Crippen molar-refractivity contribution >= 4 is 34.7 Å². The Morgan fingerprint density at radius 2 is 2.33 bits per heavy atom. The fraction of sp³-hybridized carbons (Fsp3) is 0.462. The number of thiocarbonyl (C=S) groups is 1. The van der Waals surface area contributed by atoms with E-state index in [1.807, 2.05) is 11.8 Å². The third-order valence-corrected chi connectivity index (χ3v) is 4.66. The summed E-state index contributed by atoms with van der Waals surface area (Å²) in [7, 11) is 0. The van der Waals surface area contributed by atoms with Gasteiger partial charge in [-0.1, -0.05) is 18.6 Å². The van der Waals surface area contributed by atoms with Crippen LogP contribution in [0.1, 0.15) is 24.8 Å². The van der Waals surface area contributed by atoms with Gasteiger partial charge in [0, 0.05) is 23.0 Å². The quantitative estimate of drug-likeness (QED) is 0.833. The number of thioether (sulfide) groups is 1.